The molecule has 0 N–H and O–H groups in total. The summed E-state index contributed by atoms with van der Waals surface area (Å²) in [5.41, 5.74) is 0.950. The van der Waals surface area contributed by atoms with Gasteiger partial charge in [-0.15, -0.1) is 0 Å². The molecule has 70 valence electrons. The maximum Gasteiger partial charge on any atom is 0.187 e. The number of aromatic nitrogens is 2. The van der Waals surface area contributed by atoms with E-state index in [1.807, 2.05) is 19.3 Å². The maximum atomic E-state index is 5.05. The lowest BCUT2D eigenvalue weighted by Crippen LogP contribution is -1.85. The number of nitrogens with zero attached hydrogens (tertiary/aromatic N) is 2. The molecule has 0 spiro atoms. The molecule has 0 radical (unpaired) electrons. The van der Waals surface area contributed by atoms with Gasteiger partial charge in [0.2, 0.25) is 0 Å². The number of thioether (sulfide) groups is 1. The predicted octanol–water partition coefficient (Wildman–Crippen LogP) is 2.21. The van der Waals surface area contributed by atoms with E-state index >= 15 is 0 Å². The quantitative estimate of drug-likeness (QED) is 0.420. The molecule has 0 aliphatic rings. The van der Waals surface area contributed by atoms with Gasteiger partial charge in [0.25, 0.3) is 0 Å². The standard InChI is InChI=1S/C9H12N2OS/c1-3-12-5-4-8-6-10-9(13-2)11-7-8/h4-7H,3H2,1-2H3/b5-4+. The SMILES string of the molecule is CCO/C=C/c1cnc(SC)nc1. The van der Waals surface area contributed by atoms with Crippen molar-refractivity contribution in [2.24, 2.45) is 0 Å². The molecule has 0 bridgehead atoms. The largest absolute Gasteiger partial charge is 0.501 e. The summed E-state index contributed by atoms with van der Waals surface area (Å²) in [7, 11) is 0. The fourth-order valence-electron chi connectivity index (χ4n) is 0.741. The lowest BCUT2D eigenvalue weighted by Gasteiger charge is -1.95. The van der Waals surface area contributed by atoms with Crippen molar-refractivity contribution in [1.29, 1.82) is 0 Å². The molecule has 4 heteroatoms. The number of ether oxygens (including phenoxy) is 1. The van der Waals surface area contributed by atoms with Gasteiger partial charge in [-0.25, -0.2) is 9.97 Å². The third-order valence-corrected chi connectivity index (χ3v) is 1.93. The minimum absolute atomic E-state index is 0.681. The molecule has 0 fully saturated rings. The minimum atomic E-state index is 0.681. The van der Waals surface area contributed by atoms with Crippen molar-refractivity contribution in [3.05, 3.63) is 24.2 Å². The van der Waals surface area contributed by atoms with E-state index in [9.17, 15) is 0 Å². The average Bonchev–Trinajstić information content (AvgIpc) is 2.19. The smallest absolute Gasteiger partial charge is 0.187 e. The van der Waals surface area contributed by atoms with Crippen molar-refractivity contribution in [2.75, 3.05) is 12.9 Å². The molecule has 1 aromatic heterocycles. The van der Waals surface area contributed by atoms with Gasteiger partial charge in [-0.1, -0.05) is 11.8 Å². The van der Waals surface area contributed by atoms with E-state index in [1.165, 1.54) is 11.8 Å². The summed E-state index contributed by atoms with van der Waals surface area (Å²) in [6, 6.07) is 0. The Balaban J connectivity index is 2.58. The minimum Gasteiger partial charge on any atom is -0.501 e. The van der Waals surface area contributed by atoms with Gasteiger partial charge in [0.05, 0.1) is 12.9 Å². The second-order valence-corrected chi connectivity index (χ2v) is 3.03. The molecule has 0 aliphatic carbocycles. The first kappa shape index (κ1) is 10.1. The normalized spacial score (nSPS) is 10.6. The molecule has 1 rings (SSSR count). The summed E-state index contributed by atoms with van der Waals surface area (Å²) >= 11 is 1.53. The highest BCUT2D eigenvalue weighted by atomic mass is 32.2. The summed E-state index contributed by atoms with van der Waals surface area (Å²) in [4.78, 5) is 8.24. The summed E-state index contributed by atoms with van der Waals surface area (Å²) in [6.45, 7) is 2.62. The van der Waals surface area contributed by atoms with Crippen LogP contribution in [0.4, 0.5) is 0 Å². The first-order valence-corrected chi connectivity index (χ1v) is 5.23. The second-order valence-electron chi connectivity index (χ2n) is 2.26. The summed E-state index contributed by atoms with van der Waals surface area (Å²) in [5, 5.41) is 0.786. The highest BCUT2D eigenvalue weighted by Crippen LogP contribution is 2.07. The fourth-order valence-corrected chi connectivity index (χ4v) is 1.06. The molecule has 1 aromatic rings. The Bertz CT molecular complexity index is 271. The Hall–Kier alpha value is -1.03. The monoisotopic (exact) mass is 196 g/mol. The van der Waals surface area contributed by atoms with Crippen LogP contribution in [0.25, 0.3) is 6.08 Å². The maximum absolute atomic E-state index is 5.05. The zero-order chi connectivity index (χ0) is 9.52. The van der Waals surface area contributed by atoms with E-state index in [0.29, 0.717) is 6.61 Å². The summed E-state index contributed by atoms with van der Waals surface area (Å²) in [5.74, 6) is 0. The Morgan fingerprint density at radius 1 is 1.46 bits per heavy atom. The van der Waals surface area contributed by atoms with Gasteiger partial charge in [0, 0.05) is 18.0 Å². The van der Waals surface area contributed by atoms with Gasteiger partial charge in [-0.2, -0.15) is 0 Å². The van der Waals surface area contributed by atoms with Crippen LogP contribution < -0.4 is 0 Å². The van der Waals surface area contributed by atoms with E-state index in [0.717, 1.165) is 10.7 Å². The van der Waals surface area contributed by atoms with Gasteiger partial charge in [-0.3, -0.25) is 0 Å². The number of rotatable bonds is 4. The Morgan fingerprint density at radius 3 is 2.69 bits per heavy atom. The highest BCUT2D eigenvalue weighted by Gasteiger charge is 1.91. The van der Waals surface area contributed by atoms with E-state index in [4.69, 9.17) is 4.74 Å². The van der Waals surface area contributed by atoms with Crippen LogP contribution in [0.15, 0.2) is 23.8 Å². The third-order valence-electron chi connectivity index (χ3n) is 1.35. The van der Waals surface area contributed by atoms with Gasteiger partial charge in [0.1, 0.15) is 0 Å². The fraction of sp³-hybridized carbons (Fsp3) is 0.333. The Labute approximate surface area is 82.2 Å². The van der Waals surface area contributed by atoms with Crippen LogP contribution in [0.2, 0.25) is 0 Å². The van der Waals surface area contributed by atoms with E-state index in [-0.39, 0.29) is 0 Å². The van der Waals surface area contributed by atoms with Gasteiger partial charge in [0.15, 0.2) is 5.16 Å². The summed E-state index contributed by atoms with van der Waals surface area (Å²) < 4.78 is 5.05. The predicted molar refractivity (Wildman–Crippen MR) is 54.5 cm³/mol. The molecule has 1 heterocycles. The van der Waals surface area contributed by atoms with Crippen LogP contribution in [-0.2, 0) is 4.74 Å². The van der Waals surface area contributed by atoms with E-state index in [1.54, 1.807) is 18.7 Å². The highest BCUT2D eigenvalue weighted by molar-refractivity contribution is 7.98. The molecule has 0 amide bonds. The van der Waals surface area contributed by atoms with E-state index in [2.05, 4.69) is 9.97 Å². The van der Waals surface area contributed by atoms with E-state index < -0.39 is 0 Å². The number of hydrogen-bond acceptors (Lipinski definition) is 4. The van der Waals surface area contributed by atoms with Gasteiger partial charge >= 0.3 is 0 Å². The molecular weight excluding hydrogens is 184 g/mol. The first-order valence-electron chi connectivity index (χ1n) is 4.01. The zero-order valence-electron chi connectivity index (χ0n) is 7.73. The van der Waals surface area contributed by atoms with Gasteiger partial charge < -0.3 is 4.74 Å². The van der Waals surface area contributed by atoms with Gasteiger partial charge in [-0.05, 0) is 19.3 Å². The van der Waals surface area contributed by atoms with Crippen molar-refractivity contribution < 1.29 is 4.74 Å². The van der Waals surface area contributed by atoms with Crippen LogP contribution in [-0.4, -0.2) is 22.8 Å². The molecule has 0 aliphatic heterocycles. The molecule has 0 atom stereocenters. The average molecular weight is 196 g/mol. The first-order chi connectivity index (χ1) is 6.36. The molecule has 13 heavy (non-hydrogen) atoms. The van der Waals surface area contributed by atoms with Crippen LogP contribution in [0.1, 0.15) is 12.5 Å². The third kappa shape index (κ3) is 3.46. The molecule has 0 unspecified atom stereocenters. The Morgan fingerprint density at radius 2 is 2.15 bits per heavy atom. The van der Waals surface area contributed by atoms with Crippen molar-refractivity contribution in [2.45, 2.75) is 12.1 Å². The molecular formula is C9H12N2OS. The van der Waals surface area contributed by atoms with Crippen molar-refractivity contribution in [3.63, 3.8) is 0 Å². The van der Waals surface area contributed by atoms with Crippen LogP contribution >= 0.6 is 11.8 Å². The second kappa shape index (κ2) is 5.59. The molecule has 0 saturated heterocycles. The Kier molecular flexibility index (Phi) is 4.32. The van der Waals surface area contributed by atoms with Crippen LogP contribution in [0.5, 0.6) is 0 Å². The molecule has 0 aromatic carbocycles. The topological polar surface area (TPSA) is 35.0 Å². The van der Waals surface area contributed by atoms with Crippen LogP contribution in [0, 0.1) is 0 Å². The lowest BCUT2D eigenvalue weighted by atomic mass is 10.3. The van der Waals surface area contributed by atoms with Crippen molar-refractivity contribution >= 4 is 17.8 Å². The molecule has 0 saturated carbocycles. The zero-order valence-corrected chi connectivity index (χ0v) is 8.54. The molecule has 3 nitrogen and oxygen atoms in total. The number of hydrogen-bond donors (Lipinski definition) is 0. The summed E-state index contributed by atoms with van der Waals surface area (Å²) in [6.07, 6.45) is 8.98. The van der Waals surface area contributed by atoms with Crippen LogP contribution in [0.3, 0.4) is 0 Å². The van der Waals surface area contributed by atoms with Crippen molar-refractivity contribution in [3.8, 4) is 0 Å². The lowest BCUT2D eigenvalue weighted by molar-refractivity contribution is 0.272. The van der Waals surface area contributed by atoms with Crippen molar-refractivity contribution in [1.82, 2.24) is 9.97 Å².